The Bertz CT molecular complexity index is 1100. The molecule has 2 aromatic carbocycles. The zero-order chi connectivity index (χ0) is 22.5. The first-order valence-corrected chi connectivity index (χ1v) is 11.3. The van der Waals surface area contributed by atoms with Gasteiger partial charge in [0.1, 0.15) is 5.75 Å². The second-order valence-corrected chi connectivity index (χ2v) is 8.62. The smallest absolute Gasteiger partial charge is 0.265 e. The molecule has 7 nitrogen and oxygen atoms in total. The fraction of sp³-hybridized carbons (Fsp3) is 0.250. The number of amides is 2. The van der Waals surface area contributed by atoms with Crippen molar-refractivity contribution in [1.82, 2.24) is 5.32 Å². The van der Waals surface area contributed by atoms with Crippen LogP contribution < -0.4 is 25.6 Å². The normalized spacial score (nSPS) is 13.5. The number of benzene rings is 2. The van der Waals surface area contributed by atoms with Crippen molar-refractivity contribution in [2.75, 3.05) is 48.8 Å². The number of thiophene rings is 1. The highest BCUT2D eigenvalue weighted by atomic mass is 32.1. The minimum absolute atomic E-state index is 0.232. The number of aryl methyl sites for hydroxylation is 1. The molecule has 0 unspecified atom stereocenters. The van der Waals surface area contributed by atoms with Gasteiger partial charge in [0, 0.05) is 43.2 Å². The van der Waals surface area contributed by atoms with Gasteiger partial charge < -0.3 is 25.6 Å². The van der Waals surface area contributed by atoms with E-state index in [-0.39, 0.29) is 11.8 Å². The van der Waals surface area contributed by atoms with E-state index in [2.05, 4.69) is 20.9 Å². The van der Waals surface area contributed by atoms with Crippen molar-refractivity contribution in [3.8, 4) is 5.75 Å². The van der Waals surface area contributed by atoms with Gasteiger partial charge in [-0.15, -0.1) is 11.3 Å². The van der Waals surface area contributed by atoms with Crippen LogP contribution in [0.15, 0.2) is 54.6 Å². The third-order valence-corrected chi connectivity index (χ3v) is 6.43. The Labute approximate surface area is 191 Å². The third-order valence-electron chi connectivity index (χ3n) is 5.34. The van der Waals surface area contributed by atoms with Crippen LogP contribution in [0.5, 0.6) is 5.75 Å². The summed E-state index contributed by atoms with van der Waals surface area (Å²) in [4.78, 5) is 28.6. The molecule has 0 saturated carbocycles. The van der Waals surface area contributed by atoms with E-state index < -0.39 is 0 Å². The summed E-state index contributed by atoms with van der Waals surface area (Å²) in [6.45, 7) is 5.80. The molecule has 0 atom stereocenters. The number of carbonyl (C=O) groups excluding carboxylic acids is 2. The van der Waals surface area contributed by atoms with E-state index in [1.165, 1.54) is 0 Å². The minimum atomic E-state index is -0.248. The Balaban J connectivity index is 1.37. The maximum atomic E-state index is 12.7. The van der Waals surface area contributed by atoms with Crippen molar-refractivity contribution in [2.45, 2.75) is 6.92 Å². The first-order chi connectivity index (χ1) is 15.5. The van der Waals surface area contributed by atoms with Gasteiger partial charge >= 0.3 is 0 Å². The highest BCUT2D eigenvalue weighted by molar-refractivity contribution is 7.16. The number of rotatable bonds is 6. The van der Waals surface area contributed by atoms with Gasteiger partial charge in [-0.2, -0.15) is 0 Å². The van der Waals surface area contributed by atoms with Crippen LogP contribution in [0.4, 0.5) is 17.1 Å². The summed E-state index contributed by atoms with van der Waals surface area (Å²) in [7, 11) is 1.60. The van der Waals surface area contributed by atoms with Gasteiger partial charge in [-0.3, -0.25) is 9.59 Å². The van der Waals surface area contributed by atoms with Gasteiger partial charge in [0.2, 0.25) is 0 Å². The minimum Gasteiger partial charge on any atom is -0.497 e. The third kappa shape index (κ3) is 5.09. The highest BCUT2D eigenvalue weighted by Gasteiger charge is 2.16. The molecular formula is C24H26N4O3S. The molecule has 0 radical (unpaired) electrons. The molecule has 0 bridgehead atoms. The maximum Gasteiger partial charge on any atom is 0.265 e. The Morgan fingerprint density at radius 3 is 2.22 bits per heavy atom. The second kappa shape index (κ2) is 9.84. The number of carbonyl (C=O) groups is 2. The zero-order valence-electron chi connectivity index (χ0n) is 18.1. The first-order valence-electron chi connectivity index (χ1n) is 10.5. The van der Waals surface area contributed by atoms with Crippen LogP contribution in [0.25, 0.3) is 0 Å². The van der Waals surface area contributed by atoms with Crippen molar-refractivity contribution < 1.29 is 14.3 Å². The van der Waals surface area contributed by atoms with Crippen LogP contribution in [-0.4, -0.2) is 45.1 Å². The lowest BCUT2D eigenvalue weighted by Gasteiger charge is -2.29. The van der Waals surface area contributed by atoms with E-state index in [1.807, 2.05) is 37.3 Å². The summed E-state index contributed by atoms with van der Waals surface area (Å²) < 4.78 is 5.20. The Morgan fingerprint density at radius 1 is 0.938 bits per heavy atom. The van der Waals surface area contributed by atoms with Gasteiger partial charge in [0.05, 0.1) is 16.9 Å². The lowest BCUT2D eigenvalue weighted by atomic mass is 10.2. The molecule has 3 N–H and O–H groups in total. The molecular weight excluding hydrogens is 424 g/mol. The topological polar surface area (TPSA) is 82.7 Å². The average molecular weight is 451 g/mol. The molecule has 2 heterocycles. The molecule has 3 aromatic rings. The van der Waals surface area contributed by atoms with Crippen LogP contribution in [0.1, 0.15) is 24.9 Å². The second-order valence-electron chi connectivity index (χ2n) is 7.54. The summed E-state index contributed by atoms with van der Waals surface area (Å²) in [6, 6.07) is 16.6. The molecule has 1 aliphatic heterocycles. The monoisotopic (exact) mass is 450 g/mol. The molecule has 4 rings (SSSR count). The fourth-order valence-corrected chi connectivity index (χ4v) is 4.34. The zero-order valence-corrected chi connectivity index (χ0v) is 18.9. The van der Waals surface area contributed by atoms with Gasteiger partial charge in [-0.05, 0) is 67.1 Å². The number of nitrogens with one attached hydrogen (secondary N) is 3. The molecule has 2 amide bonds. The predicted octanol–water partition coefficient (Wildman–Crippen LogP) is 3.98. The fourth-order valence-electron chi connectivity index (χ4n) is 3.54. The largest absolute Gasteiger partial charge is 0.497 e. The van der Waals surface area contributed by atoms with Crippen LogP contribution in [0, 0.1) is 6.92 Å². The predicted molar refractivity (Wildman–Crippen MR) is 129 cm³/mol. The van der Waals surface area contributed by atoms with Crippen LogP contribution in [-0.2, 0) is 0 Å². The summed E-state index contributed by atoms with van der Waals surface area (Å²) >= 11 is 1.16. The molecule has 8 heteroatoms. The Morgan fingerprint density at radius 2 is 1.59 bits per heavy atom. The van der Waals surface area contributed by atoms with E-state index >= 15 is 0 Å². The van der Waals surface area contributed by atoms with Gasteiger partial charge in [0.25, 0.3) is 11.8 Å². The lowest BCUT2D eigenvalue weighted by molar-refractivity contribution is 0.102. The van der Waals surface area contributed by atoms with Crippen molar-refractivity contribution in [3.05, 3.63) is 69.9 Å². The quantitative estimate of drug-likeness (QED) is 0.529. The number of ether oxygens (including phenoxy) is 1. The van der Waals surface area contributed by atoms with Crippen molar-refractivity contribution in [2.24, 2.45) is 0 Å². The van der Waals surface area contributed by atoms with E-state index in [1.54, 1.807) is 31.4 Å². The lowest BCUT2D eigenvalue weighted by Crippen LogP contribution is -2.43. The Kier molecular flexibility index (Phi) is 6.72. The number of hydrogen-bond acceptors (Lipinski definition) is 6. The highest BCUT2D eigenvalue weighted by Crippen LogP contribution is 2.24. The first kappa shape index (κ1) is 21.9. The molecule has 1 fully saturated rings. The van der Waals surface area contributed by atoms with Crippen LogP contribution >= 0.6 is 11.3 Å². The molecule has 0 spiro atoms. The van der Waals surface area contributed by atoms with Crippen molar-refractivity contribution in [3.63, 3.8) is 0 Å². The molecule has 166 valence electrons. The standard InChI is InChI=1S/C24H26N4O3S/c1-16-15-19(31-2)7-8-20(16)27-24(30)22-10-9-21(32-22)23(29)26-17-3-5-18(6-4-17)28-13-11-25-12-14-28/h3-10,15,25H,11-14H2,1-2H3,(H,26,29)(H,27,30). The summed E-state index contributed by atoms with van der Waals surface area (Å²) in [5.41, 5.74) is 3.48. The molecule has 32 heavy (non-hydrogen) atoms. The van der Waals surface area contributed by atoms with E-state index in [4.69, 9.17) is 4.74 Å². The van der Waals surface area contributed by atoms with E-state index in [9.17, 15) is 9.59 Å². The van der Waals surface area contributed by atoms with E-state index in [0.29, 0.717) is 15.4 Å². The van der Waals surface area contributed by atoms with Crippen LogP contribution in [0.3, 0.4) is 0 Å². The van der Waals surface area contributed by atoms with Crippen molar-refractivity contribution >= 4 is 40.2 Å². The van der Waals surface area contributed by atoms with Gasteiger partial charge in [-0.25, -0.2) is 0 Å². The SMILES string of the molecule is COc1ccc(NC(=O)c2ccc(C(=O)Nc3ccc(N4CCNCC4)cc3)s2)c(C)c1. The number of hydrogen-bond donors (Lipinski definition) is 3. The summed E-state index contributed by atoms with van der Waals surface area (Å²) in [5, 5.41) is 9.14. The van der Waals surface area contributed by atoms with Crippen molar-refractivity contribution in [1.29, 1.82) is 0 Å². The summed E-state index contributed by atoms with van der Waals surface area (Å²) in [6.07, 6.45) is 0. The number of nitrogens with zero attached hydrogens (tertiary/aromatic N) is 1. The van der Waals surface area contributed by atoms with E-state index in [0.717, 1.165) is 60.2 Å². The number of methoxy groups -OCH3 is 1. The van der Waals surface area contributed by atoms with Gasteiger partial charge in [0.15, 0.2) is 0 Å². The molecule has 1 saturated heterocycles. The number of piperazine rings is 1. The summed E-state index contributed by atoms with van der Waals surface area (Å²) in [5.74, 6) is 0.254. The average Bonchev–Trinajstić information content (AvgIpc) is 3.32. The molecule has 1 aromatic heterocycles. The van der Waals surface area contributed by atoms with Crippen LogP contribution in [0.2, 0.25) is 0 Å². The maximum absolute atomic E-state index is 12.7. The van der Waals surface area contributed by atoms with Gasteiger partial charge in [-0.1, -0.05) is 0 Å². The number of anilines is 3. The Hall–Kier alpha value is -3.36. The molecule has 0 aliphatic carbocycles. The molecule has 1 aliphatic rings.